The van der Waals surface area contributed by atoms with Crippen LogP contribution in [0, 0.1) is 5.41 Å². The molecule has 0 aliphatic heterocycles. The lowest BCUT2D eigenvalue weighted by Gasteiger charge is -2.38. The SMILES string of the molecule is CC1(CNc2ccc(C(F)(F)F)nn2)CCC1. The van der Waals surface area contributed by atoms with Crippen LogP contribution in [0.2, 0.25) is 0 Å². The largest absolute Gasteiger partial charge is 0.435 e. The second-order valence-electron chi connectivity index (χ2n) is 4.82. The lowest BCUT2D eigenvalue weighted by atomic mass is 9.70. The lowest BCUT2D eigenvalue weighted by molar-refractivity contribution is -0.141. The molecule has 1 aromatic rings. The number of anilines is 1. The smallest absolute Gasteiger partial charge is 0.368 e. The van der Waals surface area contributed by atoms with Gasteiger partial charge in [0.15, 0.2) is 5.69 Å². The Labute approximate surface area is 97.4 Å². The van der Waals surface area contributed by atoms with Crippen molar-refractivity contribution in [3.63, 3.8) is 0 Å². The summed E-state index contributed by atoms with van der Waals surface area (Å²) in [6.07, 6.45) is -0.912. The van der Waals surface area contributed by atoms with Crippen molar-refractivity contribution in [2.45, 2.75) is 32.4 Å². The fourth-order valence-electron chi connectivity index (χ4n) is 1.84. The van der Waals surface area contributed by atoms with Crippen molar-refractivity contribution in [1.29, 1.82) is 0 Å². The molecule has 17 heavy (non-hydrogen) atoms. The fourth-order valence-corrected chi connectivity index (χ4v) is 1.84. The quantitative estimate of drug-likeness (QED) is 0.889. The molecule has 0 bridgehead atoms. The topological polar surface area (TPSA) is 37.8 Å². The number of nitrogens with zero attached hydrogens (tertiary/aromatic N) is 2. The Kier molecular flexibility index (Phi) is 2.97. The molecule has 0 radical (unpaired) electrons. The Bertz CT molecular complexity index is 382. The van der Waals surface area contributed by atoms with E-state index in [9.17, 15) is 13.2 Å². The Balaban J connectivity index is 1.94. The zero-order valence-electron chi connectivity index (χ0n) is 9.51. The summed E-state index contributed by atoms with van der Waals surface area (Å²) in [5.74, 6) is 0.395. The molecule has 1 heterocycles. The van der Waals surface area contributed by atoms with E-state index in [1.54, 1.807) is 0 Å². The lowest BCUT2D eigenvalue weighted by Crippen LogP contribution is -2.33. The highest BCUT2D eigenvalue weighted by molar-refractivity contribution is 5.33. The first-order valence-corrected chi connectivity index (χ1v) is 5.54. The maximum absolute atomic E-state index is 12.2. The molecule has 0 unspecified atom stereocenters. The van der Waals surface area contributed by atoms with Crippen LogP contribution in [0.1, 0.15) is 31.9 Å². The first-order chi connectivity index (χ1) is 7.89. The third-order valence-electron chi connectivity index (χ3n) is 3.21. The van der Waals surface area contributed by atoms with Crippen molar-refractivity contribution in [2.24, 2.45) is 5.41 Å². The van der Waals surface area contributed by atoms with Crippen LogP contribution in [0.25, 0.3) is 0 Å². The monoisotopic (exact) mass is 245 g/mol. The molecule has 6 heteroatoms. The predicted molar refractivity (Wildman–Crippen MR) is 57.5 cm³/mol. The highest BCUT2D eigenvalue weighted by atomic mass is 19.4. The Morgan fingerprint density at radius 3 is 2.41 bits per heavy atom. The van der Waals surface area contributed by atoms with E-state index >= 15 is 0 Å². The molecule has 0 spiro atoms. The minimum absolute atomic E-state index is 0.254. The van der Waals surface area contributed by atoms with E-state index in [0.717, 1.165) is 25.5 Å². The van der Waals surface area contributed by atoms with E-state index in [4.69, 9.17) is 0 Å². The van der Waals surface area contributed by atoms with Crippen LogP contribution < -0.4 is 5.32 Å². The molecule has 0 saturated heterocycles. The zero-order valence-corrected chi connectivity index (χ0v) is 9.51. The van der Waals surface area contributed by atoms with Crippen LogP contribution in [0.4, 0.5) is 19.0 Å². The van der Waals surface area contributed by atoms with Gasteiger partial charge < -0.3 is 5.32 Å². The minimum atomic E-state index is -4.43. The van der Waals surface area contributed by atoms with Crippen molar-refractivity contribution < 1.29 is 13.2 Å². The van der Waals surface area contributed by atoms with Gasteiger partial charge in [-0.3, -0.25) is 0 Å². The molecule has 0 amide bonds. The number of aromatic nitrogens is 2. The average molecular weight is 245 g/mol. The molecule has 0 aromatic carbocycles. The van der Waals surface area contributed by atoms with Gasteiger partial charge in [0.2, 0.25) is 0 Å². The van der Waals surface area contributed by atoms with Crippen molar-refractivity contribution in [2.75, 3.05) is 11.9 Å². The summed E-state index contributed by atoms with van der Waals surface area (Å²) in [5, 5.41) is 9.71. The van der Waals surface area contributed by atoms with Crippen molar-refractivity contribution in [3.8, 4) is 0 Å². The molecule has 1 fully saturated rings. The summed E-state index contributed by atoms with van der Waals surface area (Å²) in [4.78, 5) is 0. The molecule has 1 aliphatic carbocycles. The third-order valence-corrected chi connectivity index (χ3v) is 3.21. The Morgan fingerprint density at radius 1 is 1.29 bits per heavy atom. The van der Waals surface area contributed by atoms with Crippen LogP contribution in [-0.4, -0.2) is 16.7 Å². The first kappa shape index (κ1) is 12.1. The van der Waals surface area contributed by atoms with Gasteiger partial charge >= 0.3 is 6.18 Å². The van der Waals surface area contributed by atoms with Crippen LogP contribution >= 0.6 is 0 Å². The maximum atomic E-state index is 12.2. The molecule has 3 nitrogen and oxygen atoms in total. The van der Waals surface area contributed by atoms with Crippen LogP contribution in [0.5, 0.6) is 0 Å². The van der Waals surface area contributed by atoms with Gasteiger partial charge in [0.1, 0.15) is 5.82 Å². The second kappa shape index (κ2) is 4.16. The normalized spacial score (nSPS) is 18.6. The van der Waals surface area contributed by atoms with Crippen LogP contribution in [0.15, 0.2) is 12.1 Å². The molecular weight excluding hydrogens is 231 g/mol. The fraction of sp³-hybridized carbons (Fsp3) is 0.636. The van der Waals surface area contributed by atoms with Gasteiger partial charge in [0.25, 0.3) is 0 Å². The van der Waals surface area contributed by atoms with Gasteiger partial charge in [-0.2, -0.15) is 13.2 Å². The van der Waals surface area contributed by atoms with E-state index in [1.807, 2.05) is 0 Å². The number of rotatable bonds is 3. The standard InChI is InChI=1S/C11H14F3N3/c1-10(5-2-6-10)7-15-9-4-3-8(16-17-9)11(12,13)14/h3-4H,2,5-7H2,1H3,(H,15,17). The summed E-state index contributed by atoms with van der Waals surface area (Å²) < 4.78 is 36.7. The number of alkyl halides is 3. The molecule has 2 rings (SSSR count). The second-order valence-corrected chi connectivity index (χ2v) is 4.82. The van der Waals surface area contributed by atoms with Crippen LogP contribution in [0.3, 0.4) is 0 Å². The summed E-state index contributed by atoms with van der Waals surface area (Å²) in [5.41, 5.74) is -0.706. The average Bonchev–Trinajstić information content (AvgIpc) is 2.23. The van der Waals surface area contributed by atoms with Gasteiger partial charge in [-0.15, -0.1) is 10.2 Å². The molecule has 1 aromatic heterocycles. The maximum Gasteiger partial charge on any atom is 0.435 e. The molecule has 1 N–H and O–H groups in total. The summed E-state index contributed by atoms with van der Waals surface area (Å²) in [7, 11) is 0. The predicted octanol–water partition coefficient (Wildman–Crippen LogP) is 3.10. The van der Waals surface area contributed by atoms with Gasteiger partial charge in [0, 0.05) is 6.54 Å². The van der Waals surface area contributed by atoms with Gasteiger partial charge in [-0.05, 0) is 30.4 Å². The highest BCUT2D eigenvalue weighted by Gasteiger charge is 2.33. The number of hydrogen-bond donors (Lipinski definition) is 1. The number of nitrogens with one attached hydrogen (secondary N) is 1. The zero-order chi connectivity index (χ0) is 12.5. The van der Waals surface area contributed by atoms with Gasteiger partial charge in [-0.1, -0.05) is 13.3 Å². The summed E-state index contributed by atoms with van der Waals surface area (Å²) in [6.45, 7) is 2.88. The Morgan fingerprint density at radius 2 is 2.00 bits per heavy atom. The van der Waals surface area contributed by atoms with E-state index in [-0.39, 0.29) is 5.41 Å². The van der Waals surface area contributed by atoms with Crippen molar-refractivity contribution in [3.05, 3.63) is 17.8 Å². The molecule has 0 atom stereocenters. The van der Waals surface area contributed by atoms with Gasteiger partial charge in [0.05, 0.1) is 0 Å². The van der Waals surface area contributed by atoms with E-state index in [2.05, 4.69) is 22.4 Å². The third kappa shape index (κ3) is 2.87. The molecule has 1 saturated carbocycles. The molecule has 94 valence electrons. The van der Waals surface area contributed by atoms with Crippen LogP contribution in [-0.2, 0) is 6.18 Å². The van der Waals surface area contributed by atoms with E-state index in [0.29, 0.717) is 5.82 Å². The summed E-state index contributed by atoms with van der Waals surface area (Å²) in [6, 6.07) is 2.26. The highest BCUT2D eigenvalue weighted by Crippen LogP contribution is 2.40. The van der Waals surface area contributed by atoms with Crippen molar-refractivity contribution >= 4 is 5.82 Å². The first-order valence-electron chi connectivity index (χ1n) is 5.54. The number of hydrogen-bond acceptors (Lipinski definition) is 3. The van der Waals surface area contributed by atoms with Crippen molar-refractivity contribution in [1.82, 2.24) is 10.2 Å². The number of halogens is 3. The van der Waals surface area contributed by atoms with E-state index < -0.39 is 11.9 Å². The van der Waals surface area contributed by atoms with Gasteiger partial charge in [-0.25, -0.2) is 0 Å². The van der Waals surface area contributed by atoms with E-state index in [1.165, 1.54) is 12.5 Å². The molecule has 1 aliphatic rings. The minimum Gasteiger partial charge on any atom is -0.368 e. The summed E-state index contributed by atoms with van der Waals surface area (Å²) >= 11 is 0. The molecular formula is C11H14F3N3. The Hall–Kier alpha value is -1.33.